The van der Waals surface area contributed by atoms with Crippen molar-refractivity contribution in [3.63, 3.8) is 0 Å². The van der Waals surface area contributed by atoms with Crippen molar-refractivity contribution in [2.45, 2.75) is 95.1 Å². The molecule has 2 aliphatic carbocycles. The van der Waals surface area contributed by atoms with Crippen molar-refractivity contribution in [1.82, 2.24) is 5.73 Å². The summed E-state index contributed by atoms with van der Waals surface area (Å²) < 4.78 is 0. The number of allylic oxidation sites excluding steroid dienone is 1. The average Bonchev–Trinajstić information content (AvgIpc) is 3.12. The van der Waals surface area contributed by atoms with Gasteiger partial charge in [-0.25, -0.2) is 0 Å². The zero-order chi connectivity index (χ0) is 20.9. The lowest BCUT2D eigenvalue weighted by atomic mass is 9.77. The summed E-state index contributed by atoms with van der Waals surface area (Å²) in [4.78, 5) is 13.1. The smallest absolute Gasteiger partial charge is 0.242 e. The van der Waals surface area contributed by atoms with Crippen LogP contribution in [0.1, 0.15) is 69.2 Å². The molecule has 0 spiro atoms. The van der Waals surface area contributed by atoms with Crippen LogP contribution in [-0.2, 0) is 21.7 Å². The van der Waals surface area contributed by atoms with Crippen LogP contribution in [0, 0.1) is 0 Å². The third-order valence-electron chi connectivity index (χ3n) is 9.38. The van der Waals surface area contributed by atoms with E-state index in [1.54, 1.807) is 0 Å². The zero-order valence-electron chi connectivity index (χ0n) is 19.0. The number of hydrogen-bond acceptors (Lipinski definition) is 1. The van der Waals surface area contributed by atoms with Gasteiger partial charge in [0, 0.05) is 5.04 Å². The highest BCUT2D eigenvalue weighted by Crippen LogP contribution is 2.79. The quantitative estimate of drug-likeness (QED) is 0.554. The van der Waals surface area contributed by atoms with Crippen LogP contribution in [-0.4, -0.2) is 21.1 Å². The van der Waals surface area contributed by atoms with Gasteiger partial charge >= 0.3 is 0 Å². The van der Waals surface area contributed by atoms with Crippen molar-refractivity contribution in [2.24, 2.45) is 0 Å². The maximum atomic E-state index is 13.1. The molecular weight excluding hydrogens is 374 g/mol. The Labute approximate surface area is 172 Å². The van der Waals surface area contributed by atoms with Gasteiger partial charge in [0.05, 0.1) is 15.2 Å². The molecule has 0 bridgehead atoms. The number of fused-ring (bicyclic) bond motifs is 2. The summed E-state index contributed by atoms with van der Waals surface area (Å²) >= 11 is 0. The van der Waals surface area contributed by atoms with Crippen molar-refractivity contribution >= 4 is 27.2 Å². The summed E-state index contributed by atoms with van der Waals surface area (Å²) in [7, 11) is -3.51. The Balaban J connectivity index is 2.07. The summed E-state index contributed by atoms with van der Waals surface area (Å²) in [6, 6.07) is 4.87. The van der Waals surface area contributed by atoms with E-state index in [0.29, 0.717) is 0 Å². The molecule has 2 nitrogen and oxygen atoms in total. The number of rotatable bonds is 2. The number of benzene rings is 1. The van der Waals surface area contributed by atoms with E-state index in [1.807, 2.05) is 0 Å². The highest BCUT2D eigenvalue weighted by molar-refractivity contribution is 7.48. The molecule has 1 saturated heterocycles. The molecule has 1 heterocycles. The predicted molar refractivity (Wildman–Crippen MR) is 124 cm³/mol. The molecule has 2 unspecified atom stereocenters. The first-order chi connectivity index (χ1) is 12.7. The number of hydrogen-bond donors (Lipinski definition) is 0. The standard InChI is InChI=1S/C24H36NOSi2/c1-16-12-17-14-18(22(2,3)4)15-20(19(17)13-16)23-10-9-11-24(23,21(25)26)28(7,8)27(23,5)6/h12,14-15,25H,9-11,13H2,1-8H3. The molecule has 1 aromatic carbocycles. The van der Waals surface area contributed by atoms with Gasteiger partial charge in [0.1, 0.15) is 0 Å². The first-order valence-electron chi connectivity index (χ1n) is 10.9. The van der Waals surface area contributed by atoms with Crippen LogP contribution < -0.4 is 5.73 Å². The van der Waals surface area contributed by atoms with Crippen LogP contribution in [0.25, 0.3) is 6.08 Å². The second-order valence-electron chi connectivity index (χ2n) is 11.8. The first kappa shape index (κ1) is 20.1. The second kappa shape index (κ2) is 5.51. The minimum Gasteiger partial charge on any atom is -0.273 e. The van der Waals surface area contributed by atoms with E-state index >= 15 is 0 Å². The van der Waals surface area contributed by atoms with E-state index in [1.165, 1.54) is 27.8 Å². The van der Waals surface area contributed by atoms with Crippen molar-refractivity contribution in [1.29, 1.82) is 0 Å². The van der Waals surface area contributed by atoms with Gasteiger partial charge in [0.25, 0.3) is 0 Å². The van der Waals surface area contributed by atoms with Gasteiger partial charge in [-0.1, -0.05) is 77.2 Å². The van der Waals surface area contributed by atoms with Crippen LogP contribution in [0.2, 0.25) is 31.2 Å². The fourth-order valence-corrected chi connectivity index (χ4v) is 25.5. The maximum Gasteiger partial charge on any atom is 0.242 e. The Hall–Kier alpha value is -1.14. The molecule has 1 aliphatic heterocycles. The van der Waals surface area contributed by atoms with Crippen molar-refractivity contribution in [3.8, 4) is 0 Å². The van der Waals surface area contributed by atoms with E-state index in [2.05, 4.69) is 72.1 Å². The molecule has 1 N–H and O–H groups in total. The predicted octanol–water partition coefficient (Wildman–Crippen LogP) is 5.96. The molecule has 1 saturated carbocycles. The normalized spacial score (nSPS) is 32.4. The van der Waals surface area contributed by atoms with Crippen LogP contribution in [0.4, 0.5) is 0 Å². The molecule has 4 rings (SSSR count). The van der Waals surface area contributed by atoms with Crippen LogP contribution in [0.3, 0.4) is 0 Å². The Morgan fingerprint density at radius 1 is 1.07 bits per heavy atom. The maximum absolute atomic E-state index is 13.1. The molecule has 4 heteroatoms. The van der Waals surface area contributed by atoms with Gasteiger partial charge in [0.2, 0.25) is 5.91 Å². The largest absolute Gasteiger partial charge is 0.273 e. The van der Waals surface area contributed by atoms with Gasteiger partial charge in [0.15, 0.2) is 0 Å². The Bertz CT molecular complexity index is 921. The van der Waals surface area contributed by atoms with Crippen molar-refractivity contribution in [3.05, 3.63) is 40.0 Å². The van der Waals surface area contributed by atoms with Crippen LogP contribution >= 0.6 is 0 Å². The summed E-state index contributed by atoms with van der Waals surface area (Å²) in [5.74, 6) is -0.244. The Morgan fingerprint density at radius 2 is 1.71 bits per heavy atom. The van der Waals surface area contributed by atoms with Gasteiger partial charge in [-0.2, -0.15) is 0 Å². The van der Waals surface area contributed by atoms with Crippen molar-refractivity contribution < 1.29 is 4.79 Å². The van der Waals surface area contributed by atoms with Gasteiger partial charge in [-0.3, -0.25) is 10.5 Å². The number of carbonyl (C=O) groups excluding carboxylic acids is 1. The van der Waals surface area contributed by atoms with E-state index in [0.717, 1.165) is 25.7 Å². The molecule has 2 atom stereocenters. The lowest BCUT2D eigenvalue weighted by Gasteiger charge is -2.74. The Morgan fingerprint density at radius 3 is 2.29 bits per heavy atom. The minimum atomic E-state index is -1.80. The summed E-state index contributed by atoms with van der Waals surface area (Å²) in [6.45, 7) is 19.1. The SMILES string of the molecule is CC1=Cc2cc(C(C)(C)C)cc(C34CCCC3(C([NH])=O)[Si](C)(C)[Si]4(C)C)c2C1. The molecule has 1 radical (unpaired) electrons. The van der Waals surface area contributed by atoms with Crippen LogP contribution in [0.15, 0.2) is 17.7 Å². The third-order valence-corrected chi connectivity index (χ3v) is 30.8. The lowest BCUT2D eigenvalue weighted by molar-refractivity contribution is -0.123. The molecule has 1 aromatic rings. The fourth-order valence-electron chi connectivity index (χ4n) is 7.46. The molecule has 3 aliphatic rings. The summed E-state index contributed by atoms with van der Waals surface area (Å²) in [5, 5.41) is -0.394. The molecule has 28 heavy (non-hydrogen) atoms. The van der Waals surface area contributed by atoms with Gasteiger partial charge in [-0.05, 0) is 58.9 Å². The molecular formula is C24H36NOSi2. The second-order valence-corrected chi connectivity index (χ2v) is 27.5. The van der Waals surface area contributed by atoms with E-state index in [9.17, 15) is 4.79 Å². The Kier molecular flexibility index (Phi) is 3.97. The minimum absolute atomic E-state index is 0.0294. The highest BCUT2D eigenvalue weighted by Gasteiger charge is 2.85. The summed E-state index contributed by atoms with van der Waals surface area (Å²) in [6.07, 6.45) is 6.56. The monoisotopic (exact) mass is 410 g/mol. The topological polar surface area (TPSA) is 40.9 Å². The number of carbonyl (C=O) groups is 1. The number of amides is 1. The molecule has 0 aromatic heterocycles. The molecule has 1 amide bonds. The van der Waals surface area contributed by atoms with Crippen LogP contribution in [0.5, 0.6) is 0 Å². The number of nitrogens with one attached hydrogen (secondary N) is 1. The first-order valence-corrected chi connectivity index (χ1v) is 17.9. The molecule has 151 valence electrons. The third kappa shape index (κ3) is 1.97. The summed E-state index contributed by atoms with van der Waals surface area (Å²) in [5.41, 5.74) is 15.7. The van der Waals surface area contributed by atoms with Gasteiger partial charge in [-0.15, -0.1) is 0 Å². The zero-order valence-corrected chi connectivity index (χ0v) is 21.0. The van der Waals surface area contributed by atoms with Gasteiger partial charge < -0.3 is 0 Å². The highest BCUT2D eigenvalue weighted by atomic mass is 29.3. The van der Waals surface area contributed by atoms with Crippen molar-refractivity contribution in [2.75, 3.05) is 0 Å². The van der Waals surface area contributed by atoms with E-state index in [4.69, 9.17) is 5.73 Å². The van der Waals surface area contributed by atoms with E-state index in [-0.39, 0.29) is 21.4 Å². The molecule has 2 fully saturated rings. The lowest BCUT2D eigenvalue weighted by Crippen LogP contribution is -2.88. The average molecular weight is 411 g/mol. The van der Waals surface area contributed by atoms with E-state index < -0.39 is 15.2 Å². The fraction of sp³-hybridized carbons (Fsp3) is 0.625.